The van der Waals surface area contributed by atoms with E-state index < -0.39 is 84.0 Å². The van der Waals surface area contributed by atoms with E-state index in [1.807, 2.05) is 136 Å². The molecule has 2 fully saturated rings. The largest absolute Gasteiger partial charge is 0.467 e. The lowest BCUT2D eigenvalue weighted by atomic mass is 9.83. The normalized spacial score (nSPS) is 18.1. The molecule has 0 spiro atoms. The monoisotopic (exact) mass is 1350 g/mol. The number of carbonyl (C=O) groups is 11. The number of benzene rings is 2. The predicted molar refractivity (Wildman–Crippen MR) is 373 cm³/mol. The predicted octanol–water partition coefficient (Wildman–Crippen LogP) is 8.11. The van der Waals surface area contributed by atoms with Crippen molar-refractivity contribution in [3.05, 3.63) is 71.3 Å². The van der Waals surface area contributed by atoms with Crippen LogP contribution in [-0.2, 0) is 81.4 Å². The number of ketones is 3. The highest BCUT2D eigenvalue weighted by Gasteiger charge is 2.45. The number of primary amides is 1. The highest BCUT2D eigenvalue weighted by molar-refractivity contribution is 6.03. The number of imide groups is 1. The number of nitrogens with one attached hydrogen (secondary N) is 3. The number of unbranched alkanes of at least 4 members (excludes halogenated alkanes) is 2. The standard InChI is InChI=1S/C75H118N8O14/c1-17-50(10)68(64(95-14)45-66(88)82-38-25-30-61(82)69(96-15)51(11)70(89)79-60(74(93)97-16)40-53-26-20-18-21-27-53)81(13)72(91)57(47(4)5)43-63(86)67(49(8)9)80(12)39-35-52-31-33-54(34-32-52)41-62(85)59(29-24-36-77-75(76)94)78-71(90)56(46(2)3)42-55(84)28-22-19-23-37-83-65(87)44-58(48(6)7)73(83)92/h18,20-21,26-27,31-34,46-51,56-61,64,67-69H,17,19,22-25,28-30,35-45H2,1-16H3,(H,78,90)(H,79,89)(H3,76,77,94)/t50-,51+,56-,57-,58?,59-,60-,61-,64+,67-,68-,69+/m0/s1. The van der Waals surface area contributed by atoms with Crippen LogP contribution in [0.2, 0.25) is 0 Å². The summed E-state index contributed by atoms with van der Waals surface area (Å²) in [5.74, 6) is -5.39. The molecule has 2 aliphatic heterocycles. The molecule has 0 aliphatic carbocycles. The first-order valence-electron chi connectivity index (χ1n) is 35.5. The van der Waals surface area contributed by atoms with Crippen molar-refractivity contribution in [2.24, 2.45) is 59.0 Å². The number of methoxy groups -OCH3 is 3. The minimum Gasteiger partial charge on any atom is -0.467 e. The van der Waals surface area contributed by atoms with Gasteiger partial charge in [0.2, 0.25) is 35.4 Å². The summed E-state index contributed by atoms with van der Waals surface area (Å²) in [5, 5.41) is 8.36. The Kier molecular flexibility index (Phi) is 34.7. The molecular weight excluding hydrogens is 1240 g/mol. The van der Waals surface area contributed by atoms with Gasteiger partial charge in [0.25, 0.3) is 0 Å². The molecule has 5 N–H and O–H groups in total. The van der Waals surface area contributed by atoms with Crippen molar-refractivity contribution in [1.29, 1.82) is 0 Å². The van der Waals surface area contributed by atoms with Gasteiger partial charge in [-0.1, -0.05) is 144 Å². The SMILES string of the molecule is CC[C@H](C)[C@@H]([C@@H](CC(=O)N1CCC[C@H]1[C@H](OC)[C@@H](C)C(=O)N[C@@H](Cc1ccccc1)C(=O)OC)OC)N(C)C(=O)[C@@H](CC(=O)[C@H](C(C)C)N(C)CCc1ccc(CC(=O)[C@H](CCCNC(N)=O)NC(=O)[C@@H](CC(=O)CCCCCN2C(=O)CC(C(C)C)C2=O)C(C)C)cc1)C(C)C. The number of Topliss-reactive ketones (excluding diaryl/α,β-unsaturated/α-hetero) is 3. The van der Waals surface area contributed by atoms with Gasteiger partial charge in [0, 0.05) is 104 Å². The van der Waals surface area contributed by atoms with Gasteiger partial charge in [-0.2, -0.15) is 0 Å². The van der Waals surface area contributed by atoms with Gasteiger partial charge in [0.1, 0.15) is 11.8 Å². The van der Waals surface area contributed by atoms with Gasteiger partial charge in [-0.15, -0.1) is 0 Å². The van der Waals surface area contributed by atoms with Crippen LogP contribution in [0.4, 0.5) is 4.79 Å². The van der Waals surface area contributed by atoms with E-state index in [9.17, 15) is 52.7 Å². The molecule has 0 aromatic heterocycles. The summed E-state index contributed by atoms with van der Waals surface area (Å²) in [6.07, 6.45) is 4.16. The van der Waals surface area contributed by atoms with E-state index >= 15 is 0 Å². The number of amides is 8. The first-order chi connectivity index (χ1) is 45.9. The van der Waals surface area contributed by atoms with Crippen LogP contribution in [0.1, 0.15) is 176 Å². The van der Waals surface area contributed by atoms with Gasteiger partial charge in [0.15, 0.2) is 11.6 Å². The zero-order chi connectivity index (χ0) is 72.4. The second kappa shape index (κ2) is 40.9. The minimum absolute atomic E-state index is 0.00153. The summed E-state index contributed by atoms with van der Waals surface area (Å²) >= 11 is 0. The molecule has 97 heavy (non-hydrogen) atoms. The maximum Gasteiger partial charge on any atom is 0.328 e. The first kappa shape index (κ1) is 82.5. The number of nitrogens with two attached hydrogens (primary N) is 1. The quantitative estimate of drug-likeness (QED) is 0.0277. The van der Waals surface area contributed by atoms with E-state index in [0.717, 1.165) is 16.7 Å². The van der Waals surface area contributed by atoms with Crippen LogP contribution >= 0.6 is 0 Å². The van der Waals surface area contributed by atoms with Crippen LogP contribution in [0, 0.1) is 53.3 Å². The van der Waals surface area contributed by atoms with Crippen molar-refractivity contribution in [3.8, 4) is 0 Å². The van der Waals surface area contributed by atoms with Gasteiger partial charge in [0.05, 0.1) is 55.8 Å². The number of ether oxygens (including phenoxy) is 3. The molecule has 0 radical (unpaired) electrons. The van der Waals surface area contributed by atoms with Crippen molar-refractivity contribution < 1.29 is 67.0 Å². The van der Waals surface area contributed by atoms with Crippen LogP contribution in [0.15, 0.2) is 54.6 Å². The Labute approximate surface area is 578 Å². The average molecular weight is 1360 g/mol. The summed E-state index contributed by atoms with van der Waals surface area (Å²) in [6.45, 7) is 22.7. The van der Waals surface area contributed by atoms with Crippen molar-refractivity contribution in [2.75, 3.05) is 61.6 Å². The van der Waals surface area contributed by atoms with E-state index in [-0.39, 0.29) is 134 Å². The Morgan fingerprint density at radius 2 is 1.34 bits per heavy atom. The number of carbonyl (C=O) groups excluding carboxylic acids is 11. The van der Waals surface area contributed by atoms with Gasteiger partial charge < -0.3 is 45.7 Å². The number of hydrogen-bond acceptors (Lipinski definition) is 15. The molecule has 1 unspecified atom stereocenters. The van der Waals surface area contributed by atoms with Crippen LogP contribution < -0.4 is 21.7 Å². The maximum absolute atomic E-state index is 15.0. The molecule has 542 valence electrons. The molecule has 2 heterocycles. The minimum atomic E-state index is -0.934. The molecular formula is C75H118N8O14. The highest BCUT2D eigenvalue weighted by atomic mass is 16.5. The molecule has 4 rings (SSSR count). The number of urea groups is 1. The molecule has 2 aromatic rings. The fourth-order valence-corrected chi connectivity index (χ4v) is 14.0. The second-order valence-electron chi connectivity index (χ2n) is 28.6. The molecule has 2 aliphatic rings. The summed E-state index contributed by atoms with van der Waals surface area (Å²) in [7, 11) is 7.99. The number of nitrogens with zero attached hydrogens (tertiary/aromatic N) is 4. The Morgan fingerprint density at radius 3 is 1.91 bits per heavy atom. The summed E-state index contributed by atoms with van der Waals surface area (Å²) < 4.78 is 17.2. The number of likely N-dealkylation sites (N-methyl/N-ethyl adjacent to an activating group) is 2. The van der Waals surface area contributed by atoms with Crippen LogP contribution in [0.5, 0.6) is 0 Å². The van der Waals surface area contributed by atoms with Crippen LogP contribution in [-0.4, -0.2) is 188 Å². The average Bonchev–Trinajstić information content (AvgIpc) is 1.81. The second-order valence-corrected chi connectivity index (χ2v) is 28.6. The van der Waals surface area contributed by atoms with Crippen molar-refractivity contribution in [3.63, 3.8) is 0 Å². The summed E-state index contributed by atoms with van der Waals surface area (Å²) in [4.78, 5) is 156. The molecule has 0 saturated carbocycles. The molecule has 22 heteroatoms. The van der Waals surface area contributed by atoms with E-state index in [4.69, 9.17) is 19.9 Å². The Bertz CT molecular complexity index is 2900. The van der Waals surface area contributed by atoms with Crippen LogP contribution in [0.25, 0.3) is 0 Å². The van der Waals surface area contributed by atoms with Crippen molar-refractivity contribution in [1.82, 2.24) is 35.6 Å². The maximum atomic E-state index is 15.0. The highest BCUT2D eigenvalue weighted by Crippen LogP contribution is 2.33. The fraction of sp³-hybridized carbons (Fsp3) is 0.693. The third-order valence-corrected chi connectivity index (χ3v) is 20.2. The van der Waals surface area contributed by atoms with E-state index in [2.05, 4.69) is 16.0 Å². The molecule has 12 atom stereocenters. The molecule has 0 bridgehead atoms. The third kappa shape index (κ3) is 24.8. The lowest BCUT2D eigenvalue weighted by Crippen LogP contribution is -2.55. The Morgan fingerprint density at radius 1 is 0.701 bits per heavy atom. The van der Waals surface area contributed by atoms with Gasteiger partial charge >= 0.3 is 12.0 Å². The molecule has 22 nitrogen and oxygen atoms in total. The summed E-state index contributed by atoms with van der Waals surface area (Å²) in [5.41, 5.74) is 7.86. The van der Waals surface area contributed by atoms with Gasteiger partial charge in [-0.25, -0.2) is 9.59 Å². The summed E-state index contributed by atoms with van der Waals surface area (Å²) in [6, 6.07) is 12.9. The zero-order valence-corrected chi connectivity index (χ0v) is 61.2. The number of esters is 1. The Hall–Kier alpha value is -6.91. The van der Waals surface area contributed by atoms with Gasteiger partial charge in [-0.3, -0.25) is 53.0 Å². The van der Waals surface area contributed by atoms with Crippen molar-refractivity contribution >= 4 is 64.8 Å². The lowest BCUT2D eigenvalue weighted by Gasteiger charge is -2.41. The third-order valence-electron chi connectivity index (χ3n) is 20.2. The topological polar surface area (TPSA) is 291 Å². The lowest BCUT2D eigenvalue weighted by molar-refractivity contribution is -0.150. The zero-order valence-electron chi connectivity index (χ0n) is 61.2. The molecule has 8 amide bonds. The van der Waals surface area contributed by atoms with E-state index in [1.165, 1.54) is 19.1 Å². The number of rotatable bonds is 44. The van der Waals surface area contributed by atoms with E-state index in [0.29, 0.717) is 71.0 Å². The van der Waals surface area contributed by atoms with E-state index in [1.54, 1.807) is 30.9 Å². The first-order valence-corrected chi connectivity index (χ1v) is 35.5. The van der Waals surface area contributed by atoms with Gasteiger partial charge in [-0.05, 0) is 98.3 Å². The number of hydrogen-bond donors (Lipinski definition) is 4. The smallest absolute Gasteiger partial charge is 0.328 e. The molecule has 2 saturated heterocycles. The van der Waals surface area contributed by atoms with Crippen molar-refractivity contribution in [2.45, 2.75) is 221 Å². The Balaban J connectivity index is 1.38. The van der Waals surface area contributed by atoms with Crippen LogP contribution in [0.3, 0.4) is 0 Å². The fourth-order valence-electron chi connectivity index (χ4n) is 14.0. The molecule has 2 aromatic carbocycles. The number of likely N-dealkylation sites (tertiary alicyclic amines) is 2.